The topological polar surface area (TPSA) is 75.4 Å². The maximum Gasteiger partial charge on any atom is 0.229 e. The van der Waals surface area contributed by atoms with Gasteiger partial charge in [-0.3, -0.25) is 4.79 Å². The second-order valence-corrected chi connectivity index (χ2v) is 5.05. The van der Waals surface area contributed by atoms with Crippen LogP contribution < -0.4 is 11.1 Å². The second kappa shape index (κ2) is 5.40. The van der Waals surface area contributed by atoms with Crippen LogP contribution in [0.4, 0.5) is 5.69 Å². The summed E-state index contributed by atoms with van der Waals surface area (Å²) in [4.78, 5) is 12.1. The summed E-state index contributed by atoms with van der Waals surface area (Å²) in [6.45, 7) is 1.80. The number of hydrogen-bond donors (Lipinski definition) is 3. The zero-order chi connectivity index (χ0) is 13.1. The number of rotatable bonds is 2. The zero-order valence-corrected chi connectivity index (χ0v) is 10.6. The van der Waals surface area contributed by atoms with Crippen molar-refractivity contribution in [1.29, 1.82) is 0 Å². The standard InChI is InChI=1S/C14H20N2O2/c1-9-8-10(6-7-13(9)17)16-14(18)11-4-2-3-5-12(11)15/h6-8,11-12,17H,2-5,15H2,1H3,(H,16,18). The van der Waals surface area contributed by atoms with Crippen molar-refractivity contribution < 1.29 is 9.90 Å². The van der Waals surface area contributed by atoms with Crippen LogP contribution in [0.3, 0.4) is 0 Å². The average molecular weight is 248 g/mol. The van der Waals surface area contributed by atoms with Crippen molar-refractivity contribution >= 4 is 11.6 Å². The molecule has 0 saturated heterocycles. The fraction of sp³-hybridized carbons (Fsp3) is 0.500. The number of nitrogens with one attached hydrogen (secondary N) is 1. The van der Waals surface area contributed by atoms with Crippen LogP contribution in [0, 0.1) is 12.8 Å². The van der Waals surface area contributed by atoms with Gasteiger partial charge in [0.2, 0.25) is 5.91 Å². The van der Waals surface area contributed by atoms with Crippen LogP contribution in [-0.4, -0.2) is 17.1 Å². The van der Waals surface area contributed by atoms with Gasteiger partial charge in [-0.15, -0.1) is 0 Å². The Bertz CT molecular complexity index is 445. The van der Waals surface area contributed by atoms with Crippen LogP contribution in [0.2, 0.25) is 0 Å². The molecule has 2 unspecified atom stereocenters. The van der Waals surface area contributed by atoms with Gasteiger partial charge in [-0.25, -0.2) is 0 Å². The third-order valence-electron chi connectivity index (χ3n) is 3.62. The summed E-state index contributed by atoms with van der Waals surface area (Å²) in [5.74, 6) is 0.141. The molecule has 1 aromatic rings. The molecule has 2 rings (SSSR count). The molecule has 98 valence electrons. The fourth-order valence-corrected chi connectivity index (χ4v) is 2.45. The van der Waals surface area contributed by atoms with Crippen LogP contribution >= 0.6 is 0 Å². The van der Waals surface area contributed by atoms with E-state index in [-0.39, 0.29) is 23.6 Å². The molecule has 0 aromatic heterocycles. The maximum absolute atomic E-state index is 12.1. The molecule has 4 nitrogen and oxygen atoms in total. The van der Waals surface area contributed by atoms with Gasteiger partial charge in [-0.05, 0) is 43.5 Å². The van der Waals surface area contributed by atoms with E-state index in [1.54, 1.807) is 25.1 Å². The van der Waals surface area contributed by atoms with Crippen molar-refractivity contribution in [3.63, 3.8) is 0 Å². The Hall–Kier alpha value is -1.55. The molecule has 1 saturated carbocycles. The van der Waals surface area contributed by atoms with Gasteiger partial charge < -0.3 is 16.2 Å². The third kappa shape index (κ3) is 2.82. The summed E-state index contributed by atoms with van der Waals surface area (Å²) < 4.78 is 0. The van der Waals surface area contributed by atoms with E-state index in [0.717, 1.165) is 31.2 Å². The van der Waals surface area contributed by atoms with Crippen LogP contribution in [-0.2, 0) is 4.79 Å². The molecule has 4 N–H and O–H groups in total. The SMILES string of the molecule is Cc1cc(NC(=O)C2CCCCC2N)ccc1O. The maximum atomic E-state index is 12.1. The lowest BCUT2D eigenvalue weighted by Gasteiger charge is -2.27. The number of aryl methyl sites for hydroxylation is 1. The number of aromatic hydroxyl groups is 1. The number of phenolic OH excluding ortho intramolecular Hbond substituents is 1. The van der Waals surface area contributed by atoms with Gasteiger partial charge >= 0.3 is 0 Å². The Morgan fingerprint density at radius 1 is 1.39 bits per heavy atom. The summed E-state index contributed by atoms with van der Waals surface area (Å²) in [5, 5.41) is 12.3. The first-order valence-corrected chi connectivity index (χ1v) is 6.44. The molecule has 1 aromatic carbocycles. The number of anilines is 1. The van der Waals surface area contributed by atoms with Crippen molar-refractivity contribution in [3.05, 3.63) is 23.8 Å². The monoisotopic (exact) mass is 248 g/mol. The van der Waals surface area contributed by atoms with Gasteiger partial charge in [0.1, 0.15) is 5.75 Å². The molecule has 4 heteroatoms. The molecule has 1 fully saturated rings. The highest BCUT2D eigenvalue weighted by atomic mass is 16.3. The normalized spacial score (nSPS) is 23.7. The first kappa shape index (κ1) is 12.9. The van der Waals surface area contributed by atoms with Gasteiger partial charge in [0.05, 0.1) is 5.92 Å². The quantitative estimate of drug-likeness (QED) is 0.702. The average Bonchev–Trinajstić information content (AvgIpc) is 2.34. The van der Waals surface area contributed by atoms with E-state index in [4.69, 9.17) is 5.73 Å². The van der Waals surface area contributed by atoms with Crippen molar-refractivity contribution in [3.8, 4) is 5.75 Å². The number of hydrogen-bond acceptors (Lipinski definition) is 3. The Morgan fingerprint density at radius 2 is 2.11 bits per heavy atom. The molecule has 1 aliphatic carbocycles. The van der Waals surface area contributed by atoms with Crippen LogP contribution in [0.1, 0.15) is 31.2 Å². The number of phenols is 1. The molecule has 0 aliphatic heterocycles. The van der Waals surface area contributed by atoms with E-state index in [0.29, 0.717) is 5.69 Å². The van der Waals surface area contributed by atoms with E-state index < -0.39 is 0 Å². The molecular formula is C14H20N2O2. The summed E-state index contributed by atoms with van der Waals surface area (Å²) in [6, 6.07) is 5.03. The predicted octanol–water partition coefficient (Wildman–Crippen LogP) is 2.16. The van der Waals surface area contributed by atoms with E-state index in [1.807, 2.05) is 0 Å². The summed E-state index contributed by atoms with van der Waals surface area (Å²) in [5.41, 5.74) is 7.45. The highest BCUT2D eigenvalue weighted by molar-refractivity contribution is 5.93. The summed E-state index contributed by atoms with van der Waals surface area (Å²) in [7, 11) is 0. The van der Waals surface area contributed by atoms with Crippen molar-refractivity contribution in [2.75, 3.05) is 5.32 Å². The minimum Gasteiger partial charge on any atom is -0.508 e. The molecule has 0 radical (unpaired) electrons. The minimum absolute atomic E-state index is 0.00714. The lowest BCUT2D eigenvalue weighted by Crippen LogP contribution is -2.40. The van der Waals surface area contributed by atoms with Crippen molar-refractivity contribution in [2.45, 2.75) is 38.6 Å². The molecule has 0 heterocycles. The van der Waals surface area contributed by atoms with E-state index in [9.17, 15) is 9.90 Å². The van der Waals surface area contributed by atoms with E-state index >= 15 is 0 Å². The van der Waals surface area contributed by atoms with Crippen LogP contribution in [0.5, 0.6) is 5.75 Å². The van der Waals surface area contributed by atoms with E-state index in [1.165, 1.54) is 0 Å². The van der Waals surface area contributed by atoms with Gasteiger partial charge in [0, 0.05) is 11.7 Å². The van der Waals surface area contributed by atoms with Crippen molar-refractivity contribution in [2.24, 2.45) is 11.7 Å². The van der Waals surface area contributed by atoms with Gasteiger partial charge in [0.15, 0.2) is 0 Å². The number of carbonyl (C=O) groups excluding carboxylic acids is 1. The van der Waals surface area contributed by atoms with Crippen LogP contribution in [0.25, 0.3) is 0 Å². The van der Waals surface area contributed by atoms with Gasteiger partial charge in [-0.1, -0.05) is 12.8 Å². The van der Waals surface area contributed by atoms with Gasteiger partial charge in [0.25, 0.3) is 0 Å². The molecule has 0 spiro atoms. The molecule has 18 heavy (non-hydrogen) atoms. The summed E-state index contributed by atoms with van der Waals surface area (Å²) in [6.07, 6.45) is 3.97. The minimum atomic E-state index is -0.0899. The Balaban J connectivity index is 2.04. The predicted molar refractivity (Wildman–Crippen MR) is 71.4 cm³/mol. The Kier molecular flexibility index (Phi) is 3.87. The van der Waals surface area contributed by atoms with Gasteiger partial charge in [-0.2, -0.15) is 0 Å². The lowest BCUT2D eigenvalue weighted by atomic mass is 9.84. The first-order chi connectivity index (χ1) is 8.58. The Morgan fingerprint density at radius 3 is 2.78 bits per heavy atom. The second-order valence-electron chi connectivity index (χ2n) is 5.05. The Labute approximate surface area is 107 Å². The first-order valence-electron chi connectivity index (χ1n) is 6.44. The van der Waals surface area contributed by atoms with Crippen molar-refractivity contribution in [1.82, 2.24) is 0 Å². The molecule has 1 amide bonds. The molecular weight excluding hydrogens is 228 g/mol. The van der Waals surface area contributed by atoms with Crippen LogP contribution in [0.15, 0.2) is 18.2 Å². The number of benzene rings is 1. The third-order valence-corrected chi connectivity index (χ3v) is 3.62. The highest BCUT2D eigenvalue weighted by Crippen LogP contribution is 2.25. The number of amides is 1. The molecule has 2 atom stereocenters. The number of carbonyl (C=O) groups is 1. The summed E-state index contributed by atoms with van der Waals surface area (Å²) >= 11 is 0. The molecule has 1 aliphatic rings. The molecule has 0 bridgehead atoms. The highest BCUT2D eigenvalue weighted by Gasteiger charge is 2.28. The number of nitrogens with two attached hydrogens (primary N) is 1. The zero-order valence-electron chi connectivity index (χ0n) is 10.6. The van der Waals surface area contributed by atoms with E-state index in [2.05, 4.69) is 5.32 Å². The smallest absolute Gasteiger partial charge is 0.229 e. The fourth-order valence-electron chi connectivity index (χ4n) is 2.45. The largest absolute Gasteiger partial charge is 0.508 e. The lowest BCUT2D eigenvalue weighted by molar-refractivity contribution is -0.121.